The van der Waals surface area contributed by atoms with Crippen LogP contribution in [0.1, 0.15) is 36.5 Å². The maximum atomic E-state index is 11.9. The van der Waals surface area contributed by atoms with Crippen LogP contribution in [0.4, 0.5) is 0 Å². The van der Waals surface area contributed by atoms with Gasteiger partial charge < -0.3 is 19.9 Å². The molecule has 5 heteroatoms. The van der Waals surface area contributed by atoms with E-state index in [0.717, 1.165) is 0 Å². The molecule has 0 saturated carbocycles. The number of carbonyl (C=O) groups excluding carboxylic acids is 1. The normalized spacial score (nSPS) is 15.1. The minimum atomic E-state index is -1.29. The molecule has 2 atom stereocenters. The van der Waals surface area contributed by atoms with E-state index < -0.39 is 11.7 Å². The molecule has 0 aliphatic carbocycles. The van der Waals surface area contributed by atoms with Crippen LogP contribution in [0.15, 0.2) is 46.9 Å². The van der Waals surface area contributed by atoms with E-state index in [-0.39, 0.29) is 18.9 Å². The summed E-state index contributed by atoms with van der Waals surface area (Å²) in [6, 6.07) is 12.4. The van der Waals surface area contributed by atoms with E-state index in [4.69, 9.17) is 4.42 Å². The lowest BCUT2D eigenvalue weighted by molar-refractivity contribution is -0.124. The highest BCUT2D eigenvalue weighted by molar-refractivity contribution is 5.76. The second kappa shape index (κ2) is 6.77. The van der Waals surface area contributed by atoms with E-state index in [0.29, 0.717) is 17.1 Å². The standard InChI is InChI=1S/C17H21NO4/c1-12-8-9-15(22-12)17(2,21)11-18-16(20)10-14(19)13-6-4-3-5-7-13/h3-9,14,19,21H,10-11H2,1-2H3,(H,18,20). The summed E-state index contributed by atoms with van der Waals surface area (Å²) >= 11 is 0. The maximum Gasteiger partial charge on any atom is 0.223 e. The number of nitrogens with one attached hydrogen (secondary N) is 1. The molecule has 5 nitrogen and oxygen atoms in total. The van der Waals surface area contributed by atoms with Crippen LogP contribution in [-0.2, 0) is 10.4 Å². The summed E-state index contributed by atoms with van der Waals surface area (Å²) in [5, 5.41) is 22.9. The third kappa shape index (κ3) is 4.19. The molecule has 2 unspecified atom stereocenters. The van der Waals surface area contributed by atoms with Crippen LogP contribution in [0.5, 0.6) is 0 Å². The summed E-state index contributed by atoms with van der Waals surface area (Å²) in [6.07, 6.45) is -0.922. The molecule has 22 heavy (non-hydrogen) atoms. The van der Waals surface area contributed by atoms with Gasteiger partial charge >= 0.3 is 0 Å². The summed E-state index contributed by atoms with van der Waals surface area (Å²) in [6.45, 7) is 3.37. The van der Waals surface area contributed by atoms with Crippen molar-refractivity contribution in [3.05, 3.63) is 59.5 Å². The van der Waals surface area contributed by atoms with E-state index >= 15 is 0 Å². The first-order chi connectivity index (χ1) is 10.4. The first kappa shape index (κ1) is 16.3. The summed E-state index contributed by atoms with van der Waals surface area (Å²) in [5.41, 5.74) is -0.604. The fourth-order valence-corrected chi connectivity index (χ4v) is 2.12. The van der Waals surface area contributed by atoms with Crippen LogP contribution in [0, 0.1) is 6.92 Å². The predicted octanol–water partition coefficient (Wildman–Crippen LogP) is 2.04. The van der Waals surface area contributed by atoms with Gasteiger partial charge in [-0.15, -0.1) is 0 Å². The van der Waals surface area contributed by atoms with E-state index in [1.807, 2.05) is 6.07 Å². The smallest absolute Gasteiger partial charge is 0.223 e. The lowest BCUT2D eigenvalue weighted by atomic mass is 10.0. The van der Waals surface area contributed by atoms with Crippen molar-refractivity contribution in [1.82, 2.24) is 5.32 Å². The highest BCUT2D eigenvalue weighted by atomic mass is 16.4. The summed E-state index contributed by atoms with van der Waals surface area (Å²) in [5.74, 6) is 0.759. The third-order valence-corrected chi connectivity index (χ3v) is 3.46. The zero-order valence-corrected chi connectivity index (χ0v) is 12.7. The molecule has 2 aromatic rings. The lowest BCUT2D eigenvalue weighted by Gasteiger charge is -2.21. The van der Waals surface area contributed by atoms with E-state index in [9.17, 15) is 15.0 Å². The van der Waals surface area contributed by atoms with Crippen LogP contribution in [0.25, 0.3) is 0 Å². The molecule has 1 aromatic heterocycles. The van der Waals surface area contributed by atoms with Crippen molar-refractivity contribution in [2.24, 2.45) is 0 Å². The van der Waals surface area contributed by atoms with Gasteiger partial charge in [0.05, 0.1) is 19.1 Å². The third-order valence-electron chi connectivity index (χ3n) is 3.46. The first-order valence-corrected chi connectivity index (χ1v) is 7.17. The van der Waals surface area contributed by atoms with Crippen molar-refractivity contribution < 1.29 is 19.4 Å². The van der Waals surface area contributed by atoms with Crippen LogP contribution in [0.2, 0.25) is 0 Å². The zero-order valence-electron chi connectivity index (χ0n) is 12.7. The Bertz CT molecular complexity index is 619. The van der Waals surface area contributed by atoms with Crippen molar-refractivity contribution in [2.75, 3.05) is 6.54 Å². The van der Waals surface area contributed by atoms with Crippen molar-refractivity contribution in [1.29, 1.82) is 0 Å². The second-order valence-electron chi connectivity index (χ2n) is 5.59. The molecule has 3 N–H and O–H groups in total. The molecule has 0 fully saturated rings. The molecule has 0 bridgehead atoms. The number of aryl methyl sites for hydroxylation is 1. The Kier molecular flexibility index (Phi) is 5.00. The van der Waals surface area contributed by atoms with Gasteiger partial charge in [-0.05, 0) is 31.5 Å². The highest BCUT2D eigenvalue weighted by Crippen LogP contribution is 2.22. The first-order valence-electron chi connectivity index (χ1n) is 7.17. The Morgan fingerprint density at radius 3 is 2.55 bits per heavy atom. The van der Waals surface area contributed by atoms with Crippen molar-refractivity contribution in [3.63, 3.8) is 0 Å². The number of amides is 1. The van der Waals surface area contributed by atoms with Crippen LogP contribution < -0.4 is 5.32 Å². The molecule has 0 spiro atoms. The molecule has 118 valence electrons. The second-order valence-corrected chi connectivity index (χ2v) is 5.59. The van der Waals surface area contributed by atoms with Gasteiger partial charge in [0.1, 0.15) is 17.1 Å². The molecule has 1 heterocycles. The Labute approximate surface area is 129 Å². The highest BCUT2D eigenvalue weighted by Gasteiger charge is 2.27. The van der Waals surface area contributed by atoms with Crippen LogP contribution in [0.3, 0.4) is 0 Å². The average molecular weight is 303 g/mol. The van der Waals surface area contributed by atoms with Crippen molar-refractivity contribution in [2.45, 2.75) is 32.0 Å². The quantitative estimate of drug-likeness (QED) is 0.762. The molecule has 1 aromatic carbocycles. The fourth-order valence-electron chi connectivity index (χ4n) is 2.12. The summed E-state index contributed by atoms with van der Waals surface area (Å²) in [7, 11) is 0. The Hall–Kier alpha value is -2.11. The topological polar surface area (TPSA) is 82.7 Å². The Morgan fingerprint density at radius 2 is 1.95 bits per heavy atom. The van der Waals surface area contributed by atoms with E-state index in [2.05, 4.69) is 5.32 Å². The summed E-state index contributed by atoms with van der Waals surface area (Å²) < 4.78 is 5.38. The number of aliphatic hydroxyl groups is 2. The van der Waals surface area contributed by atoms with Gasteiger partial charge in [-0.2, -0.15) is 0 Å². The van der Waals surface area contributed by atoms with Crippen molar-refractivity contribution >= 4 is 5.91 Å². The fraction of sp³-hybridized carbons (Fsp3) is 0.353. The molecule has 0 aliphatic rings. The number of benzene rings is 1. The van der Waals surface area contributed by atoms with Crippen molar-refractivity contribution in [3.8, 4) is 0 Å². The number of hydrogen-bond donors (Lipinski definition) is 3. The summed E-state index contributed by atoms with van der Waals surface area (Å²) in [4.78, 5) is 11.9. The largest absolute Gasteiger partial charge is 0.463 e. The van der Waals surface area contributed by atoms with Gasteiger partial charge in [-0.25, -0.2) is 0 Å². The van der Waals surface area contributed by atoms with E-state index in [1.54, 1.807) is 50.2 Å². The van der Waals surface area contributed by atoms with Gasteiger partial charge in [0, 0.05) is 0 Å². The SMILES string of the molecule is Cc1ccc(C(C)(O)CNC(=O)CC(O)c2ccccc2)o1. The Balaban J connectivity index is 1.87. The number of carbonyl (C=O) groups is 1. The van der Waals surface area contributed by atoms with Gasteiger partial charge in [-0.3, -0.25) is 4.79 Å². The number of rotatable bonds is 6. The number of aliphatic hydroxyl groups excluding tert-OH is 1. The molecular weight excluding hydrogens is 282 g/mol. The van der Waals surface area contributed by atoms with Gasteiger partial charge in [0.2, 0.25) is 5.91 Å². The van der Waals surface area contributed by atoms with Gasteiger partial charge in [0.25, 0.3) is 0 Å². The predicted molar refractivity (Wildman–Crippen MR) is 82.0 cm³/mol. The molecule has 0 radical (unpaired) electrons. The monoisotopic (exact) mass is 303 g/mol. The van der Waals surface area contributed by atoms with Gasteiger partial charge in [-0.1, -0.05) is 30.3 Å². The molecule has 2 rings (SSSR count). The molecule has 1 amide bonds. The van der Waals surface area contributed by atoms with Gasteiger partial charge in [0.15, 0.2) is 0 Å². The molecule has 0 aliphatic heterocycles. The maximum absolute atomic E-state index is 11.9. The molecule has 0 saturated heterocycles. The molecular formula is C17H21NO4. The van der Waals surface area contributed by atoms with E-state index in [1.165, 1.54) is 0 Å². The number of hydrogen-bond acceptors (Lipinski definition) is 4. The lowest BCUT2D eigenvalue weighted by Crippen LogP contribution is -2.38. The zero-order chi connectivity index (χ0) is 16.2. The average Bonchev–Trinajstić information content (AvgIpc) is 2.94. The van der Waals surface area contributed by atoms with Crippen LogP contribution >= 0.6 is 0 Å². The Morgan fingerprint density at radius 1 is 1.27 bits per heavy atom. The minimum absolute atomic E-state index is 0.0142. The number of furan rings is 1. The minimum Gasteiger partial charge on any atom is -0.463 e. The van der Waals surface area contributed by atoms with Crippen LogP contribution in [-0.4, -0.2) is 22.7 Å².